The normalized spacial score (nSPS) is 12.1. The Labute approximate surface area is 144 Å². The average Bonchev–Trinajstić information content (AvgIpc) is 3.10. The first-order chi connectivity index (χ1) is 11.7. The summed E-state index contributed by atoms with van der Waals surface area (Å²) in [5.74, 6) is 0.631. The third-order valence-electron chi connectivity index (χ3n) is 3.79. The Morgan fingerprint density at radius 3 is 2.92 bits per heavy atom. The van der Waals surface area contributed by atoms with E-state index in [2.05, 4.69) is 10.3 Å². The summed E-state index contributed by atoms with van der Waals surface area (Å²) in [6.07, 6.45) is -0.240. The highest BCUT2D eigenvalue weighted by Gasteiger charge is 2.14. The third-order valence-corrected chi connectivity index (χ3v) is 4.58. The van der Waals surface area contributed by atoms with Crippen molar-refractivity contribution < 1.29 is 14.3 Å². The van der Waals surface area contributed by atoms with E-state index >= 15 is 0 Å². The molecule has 0 spiro atoms. The lowest BCUT2D eigenvalue weighted by Crippen LogP contribution is -2.29. The summed E-state index contributed by atoms with van der Waals surface area (Å²) in [6.45, 7) is 0.378. The van der Waals surface area contributed by atoms with E-state index in [0.29, 0.717) is 12.1 Å². The van der Waals surface area contributed by atoms with Crippen LogP contribution in [0.2, 0.25) is 0 Å². The number of carbonyl (C=O) groups excluding carboxylic acids is 1. The monoisotopic (exact) mass is 342 g/mol. The van der Waals surface area contributed by atoms with Gasteiger partial charge in [-0.05, 0) is 35.9 Å². The molecule has 2 aromatic carbocycles. The molecule has 5 nitrogen and oxygen atoms in total. The largest absolute Gasteiger partial charge is 0.497 e. The predicted octanol–water partition coefficient (Wildman–Crippen LogP) is 3.42. The van der Waals surface area contributed by atoms with Gasteiger partial charge in [0.05, 0.1) is 28.9 Å². The van der Waals surface area contributed by atoms with Crippen molar-refractivity contribution in [2.75, 3.05) is 20.8 Å². The number of nitrogens with zero attached hydrogens (tertiary/aromatic N) is 1. The molecule has 3 aromatic rings. The van der Waals surface area contributed by atoms with Crippen molar-refractivity contribution in [3.05, 3.63) is 59.1 Å². The molecule has 1 N–H and O–H groups in total. The van der Waals surface area contributed by atoms with Crippen molar-refractivity contribution in [1.29, 1.82) is 0 Å². The SMILES string of the molecule is COc1cccc(C(CNC(=O)c2ccc3ncsc3c2)OC)c1. The summed E-state index contributed by atoms with van der Waals surface area (Å²) in [4.78, 5) is 16.6. The van der Waals surface area contributed by atoms with Crippen LogP contribution in [0.4, 0.5) is 0 Å². The number of thiazole rings is 1. The second-order valence-corrected chi connectivity index (χ2v) is 6.13. The summed E-state index contributed by atoms with van der Waals surface area (Å²) in [6, 6.07) is 13.1. The van der Waals surface area contributed by atoms with Crippen LogP contribution in [0.1, 0.15) is 22.0 Å². The zero-order valence-corrected chi connectivity index (χ0v) is 14.3. The second kappa shape index (κ2) is 7.42. The number of carbonyl (C=O) groups is 1. The van der Waals surface area contributed by atoms with Gasteiger partial charge in [0.2, 0.25) is 0 Å². The highest BCUT2D eigenvalue weighted by atomic mass is 32.1. The van der Waals surface area contributed by atoms with Gasteiger partial charge in [-0.25, -0.2) is 4.98 Å². The Morgan fingerprint density at radius 1 is 1.25 bits per heavy atom. The van der Waals surface area contributed by atoms with Gasteiger partial charge in [-0.2, -0.15) is 0 Å². The maximum atomic E-state index is 12.4. The molecule has 0 aliphatic carbocycles. The molecule has 0 aliphatic heterocycles. The van der Waals surface area contributed by atoms with Crippen LogP contribution in [-0.4, -0.2) is 31.7 Å². The minimum absolute atomic E-state index is 0.129. The summed E-state index contributed by atoms with van der Waals surface area (Å²) >= 11 is 1.52. The van der Waals surface area contributed by atoms with E-state index in [1.165, 1.54) is 11.3 Å². The first-order valence-corrected chi connectivity index (χ1v) is 8.37. The van der Waals surface area contributed by atoms with Gasteiger partial charge in [0, 0.05) is 19.2 Å². The Balaban J connectivity index is 1.69. The highest BCUT2D eigenvalue weighted by Crippen LogP contribution is 2.22. The standard InChI is InChI=1S/C18H18N2O3S/c1-22-14-5-3-4-12(8-14)16(23-2)10-19-18(21)13-6-7-15-17(9-13)24-11-20-15/h3-9,11,16H,10H2,1-2H3,(H,19,21). The van der Waals surface area contributed by atoms with Gasteiger partial charge in [-0.15, -0.1) is 11.3 Å². The van der Waals surface area contributed by atoms with Crippen molar-refractivity contribution in [3.63, 3.8) is 0 Å². The van der Waals surface area contributed by atoms with Crippen molar-refractivity contribution >= 4 is 27.5 Å². The third kappa shape index (κ3) is 3.55. The van der Waals surface area contributed by atoms with Crippen LogP contribution >= 0.6 is 11.3 Å². The number of aromatic nitrogens is 1. The summed E-state index contributed by atoms with van der Waals surface area (Å²) in [7, 11) is 3.25. The molecule has 1 heterocycles. The van der Waals surface area contributed by atoms with Gasteiger partial charge in [-0.1, -0.05) is 12.1 Å². The summed E-state index contributed by atoms with van der Waals surface area (Å²) in [5, 5.41) is 2.92. The smallest absolute Gasteiger partial charge is 0.251 e. The molecule has 0 radical (unpaired) electrons. The summed E-state index contributed by atoms with van der Waals surface area (Å²) in [5.41, 5.74) is 4.25. The van der Waals surface area contributed by atoms with Crippen LogP contribution < -0.4 is 10.1 Å². The van der Waals surface area contributed by atoms with Gasteiger partial charge in [0.25, 0.3) is 5.91 Å². The number of ether oxygens (including phenoxy) is 2. The molecule has 124 valence electrons. The molecule has 1 atom stereocenters. The fourth-order valence-electron chi connectivity index (χ4n) is 2.46. The average molecular weight is 342 g/mol. The second-order valence-electron chi connectivity index (χ2n) is 5.25. The number of amides is 1. The van der Waals surface area contributed by atoms with E-state index in [0.717, 1.165) is 21.5 Å². The maximum Gasteiger partial charge on any atom is 0.251 e. The van der Waals surface area contributed by atoms with E-state index in [1.54, 1.807) is 25.8 Å². The van der Waals surface area contributed by atoms with Crippen LogP contribution in [-0.2, 0) is 4.74 Å². The quantitative estimate of drug-likeness (QED) is 0.746. The fraction of sp³-hybridized carbons (Fsp3) is 0.222. The lowest BCUT2D eigenvalue weighted by atomic mass is 10.1. The topological polar surface area (TPSA) is 60.5 Å². The summed E-state index contributed by atoms with van der Waals surface area (Å²) < 4.78 is 11.7. The van der Waals surface area contributed by atoms with Gasteiger partial charge in [0.15, 0.2) is 0 Å². The first-order valence-electron chi connectivity index (χ1n) is 7.49. The predicted molar refractivity (Wildman–Crippen MR) is 94.7 cm³/mol. The fourth-order valence-corrected chi connectivity index (χ4v) is 3.18. The molecule has 0 bridgehead atoms. The number of hydrogen-bond donors (Lipinski definition) is 1. The number of fused-ring (bicyclic) bond motifs is 1. The molecule has 3 rings (SSSR count). The molecule has 1 unspecified atom stereocenters. The van der Waals surface area contributed by atoms with E-state index in [-0.39, 0.29) is 12.0 Å². The Hall–Kier alpha value is -2.44. The zero-order chi connectivity index (χ0) is 16.9. The van der Waals surface area contributed by atoms with E-state index in [4.69, 9.17) is 9.47 Å². The number of methoxy groups -OCH3 is 2. The first kappa shape index (κ1) is 16.4. The van der Waals surface area contributed by atoms with Crippen molar-refractivity contribution in [2.24, 2.45) is 0 Å². The molecule has 1 aromatic heterocycles. The van der Waals surface area contributed by atoms with Crippen molar-refractivity contribution in [2.45, 2.75) is 6.10 Å². The van der Waals surface area contributed by atoms with Gasteiger partial charge >= 0.3 is 0 Å². The number of rotatable bonds is 6. The lowest BCUT2D eigenvalue weighted by Gasteiger charge is -2.17. The lowest BCUT2D eigenvalue weighted by molar-refractivity contribution is 0.0827. The van der Waals surface area contributed by atoms with Crippen LogP contribution in [0.5, 0.6) is 5.75 Å². The number of nitrogens with one attached hydrogen (secondary N) is 1. The van der Waals surface area contributed by atoms with E-state index in [1.807, 2.05) is 36.4 Å². The molecule has 0 saturated carbocycles. The van der Waals surface area contributed by atoms with Gasteiger partial charge < -0.3 is 14.8 Å². The van der Waals surface area contributed by atoms with Crippen molar-refractivity contribution in [3.8, 4) is 5.75 Å². The highest BCUT2D eigenvalue weighted by molar-refractivity contribution is 7.16. The Kier molecular flexibility index (Phi) is 5.08. The molecule has 24 heavy (non-hydrogen) atoms. The van der Waals surface area contributed by atoms with Crippen LogP contribution in [0.15, 0.2) is 48.0 Å². The molecule has 0 aliphatic rings. The van der Waals surface area contributed by atoms with Crippen molar-refractivity contribution in [1.82, 2.24) is 10.3 Å². The molecule has 0 saturated heterocycles. The van der Waals surface area contributed by atoms with E-state index < -0.39 is 0 Å². The minimum Gasteiger partial charge on any atom is -0.497 e. The van der Waals surface area contributed by atoms with Gasteiger partial charge in [-0.3, -0.25) is 4.79 Å². The van der Waals surface area contributed by atoms with E-state index in [9.17, 15) is 4.79 Å². The Morgan fingerprint density at radius 2 is 2.12 bits per heavy atom. The number of benzene rings is 2. The molecule has 6 heteroatoms. The Bertz CT molecular complexity index is 847. The zero-order valence-electron chi connectivity index (χ0n) is 13.5. The molecule has 0 fully saturated rings. The minimum atomic E-state index is -0.240. The maximum absolute atomic E-state index is 12.4. The molecular weight excluding hydrogens is 324 g/mol. The van der Waals surface area contributed by atoms with Gasteiger partial charge in [0.1, 0.15) is 5.75 Å². The molecular formula is C18H18N2O3S. The van der Waals surface area contributed by atoms with Crippen LogP contribution in [0.3, 0.4) is 0 Å². The molecule has 1 amide bonds. The van der Waals surface area contributed by atoms with Crippen LogP contribution in [0, 0.1) is 0 Å². The number of hydrogen-bond acceptors (Lipinski definition) is 5. The van der Waals surface area contributed by atoms with Crippen LogP contribution in [0.25, 0.3) is 10.2 Å².